The van der Waals surface area contributed by atoms with Crippen LogP contribution >= 0.6 is 0 Å². The van der Waals surface area contributed by atoms with Crippen molar-refractivity contribution in [3.05, 3.63) is 11.8 Å². The fourth-order valence-corrected chi connectivity index (χ4v) is 0.286. The Morgan fingerprint density at radius 1 is 1.44 bits per heavy atom. The van der Waals surface area contributed by atoms with Crippen molar-refractivity contribution in [2.75, 3.05) is 0 Å². The average molecular weight is 367 g/mol. The van der Waals surface area contributed by atoms with Crippen LogP contribution in [0, 0.1) is 0 Å². The van der Waals surface area contributed by atoms with Gasteiger partial charge in [0.05, 0.1) is 0 Å². The van der Waals surface area contributed by atoms with Crippen LogP contribution in [0.2, 0.25) is 0 Å². The topological polar surface area (TPSA) is 40.1 Å². The van der Waals surface area contributed by atoms with E-state index in [1.54, 1.807) is 0 Å². The molecule has 0 saturated heterocycles. The molecule has 0 amide bonds. The maximum atomic E-state index is 9.98. The molecule has 0 heterocycles. The minimum Gasteiger partial charge on any atom is -0.876 e. The first-order chi connectivity index (χ1) is 3.13. The fourth-order valence-electron chi connectivity index (χ4n) is 0.286. The molecule has 0 aliphatic rings. The Bertz CT molecular complexity index is 108. The third kappa shape index (κ3) is 17.7. The molecule has 0 unspecified atom stereocenters. The van der Waals surface area contributed by atoms with Crippen molar-refractivity contribution in [3.63, 3.8) is 0 Å². The third-order valence-electron chi connectivity index (χ3n) is 0.407. The monoisotopic (exact) mass is 366 g/mol. The van der Waals surface area contributed by atoms with Gasteiger partial charge >= 0.3 is 42.7 Å². The van der Waals surface area contributed by atoms with E-state index >= 15 is 0 Å². The summed E-state index contributed by atoms with van der Waals surface area (Å²) in [7, 11) is 0. The van der Waals surface area contributed by atoms with Crippen molar-refractivity contribution in [1.29, 1.82) is 0 Å². The summed E-state index contributed by atoms with van der Waals surface area (Å²) < 4.78 is 0. The van der Waals surface area contributed by atoms with Crippen molar-refractivity contribution in [3.8, 4) is 0 Å². The molecule has 4 heteroatoms. The first kappa shape index (κ1) is 16.3. The molecular formula is C5H7BiNiO2+4. The summed E-state index contributed by atoms with van der Waals surface area (Å²) in [5.74, 6) is -0.375. The van der Waals surface area contributed by atoms with Gasteiger partial charge in [-0.05, 0) is 13.0 Å². The standard InChI is InChI=1S/C5H8O2.Bi.Ni/c1-4(6)3-5(2)7;;/h3,6H,1-2H3;;/q;+3;+2/p-1/b4-3-;;. The number of allylic oxidation sites excluding steroid dienone is 2. The zero-order valence-corrected chi connectivity index (χ0v) is 9.62. The van der Waals surface area contributed by atoms with Gasteiger partial charge in [0.1, 0.15) is 0 Å². The first-order valence-corrected chi connectivity index (χ1v) is 1.99. The molecule has 0 bridgehead atoms. The van der Waals surface area contributed by atoms with Crippen LogP contribution in [0.4, 0.5) is 0 Å². The second kappa shape index (κ2) is 8.59. The molecule has 2 radical (unpaired) electrons. The van der Waals surface area contributed by atoms with E-state index < -0.39 is 0 Å². The molecular weight excluding hydrogens is 360 g/mol. The fraction of sp³-hybridized carbons (Fsp3) is 0.400. The number of rotatable bonds is 1. The van der Waals surface area contributed by atoms with Crippen LogP contribution in [0.1, 0.15) is 13.8 Å². The van der Waals surface area contributed by atoms with Crippen LogP contribution in [0.5, 0.6) is 0 Å². The Labute approximate surface area is 83.8 Å². The van der Waals surface area contributed by atoms with Crippen LogP contribution < -0.4 is 5.11 Å². The van der Waals surface area contributed by atoms with Gasteiger partial charge in [-0.15, -0.1) is 5.76 Å². The summed E-state index contributed by atoms with van der Waals surface area (Å²) >= 11 is 0. The predicted molar refractivity (Wildman–Crippen MR) is 30.2 cm³/mol. The zero-order valence-electron chi connectivity index (χ0n) is 5.16. The summed E-state index contributed by atoms with van der Waals surface area (Å²) in [6.07, 6.45) is 1.06. The van der Waals surface area contributed by atoms with E-state index in [0.717, 1.165) is 6.08 Å². The summed E-state index contributed by atoms with van der Waals surface area (Å²) in [6, 6.07) is 0. The van der Waals surface area contributed by atoms with Crippen LogP contribution in [0.15, 0.2) is 11.8 Å². The molecule has 0 saturated carbocycles. The summed E-state index contributed by atoms with van der Waals surface area (Å²) in [6.45, 7) is 2.70. The number of ketones is 1. The average Bonchev–Trinajstić information content (AvgIpc) is 1.27. The van der Waals surface area contributed by atoms with E-state index in [0.29, 0.717) is 0 Å². The smallest absolute Gasteiger partial charge is 0.876 e. The maximum absolute atomic E-state index is 9.98. The van der Waals surface area contributed by atoms with Crippen molar-refractivity contribution in [1.82, 2.24) is 0 Å². The molecule has 0 rings (SSSR count). The molecule has 0 fully saturated rings. The molecule has 0 spiro atoms. The molecule has 2 nitrogen and oxygen atoms in total. The first-order valence-electron chi connectivity index (χ1n) is 1.99. The van der Waals surface area contributed by atoms with Gasteiger partial charge in [-0.25, -0.2) is 0 Å². The Morgan fingerprint density at radius 2 is 1.78 bits per heavy atom. The maximum Gasteiger partial charge on any atom is 3.00 e. The van der Waals surface area contributed by atoms with Gasteiger partial charge < -0.3 is 5.11 Å². The third-order valence-corrected chi connectivity index (χ3v) is 0.407. The van der Waals surface area contributed by atoms with Crippen LogP contribution in [0.25, 0.3) is 0 Å². The van der Waals surface area contributed by atoms with Gasteiger partial charge in [0.25, 0.3) is 0 Å². The molecule has 0 aromatic carbocycles. The van der Waals surface area contributed by atoms with Crippen LogP contribution in [-0.4, -0.2) is 32.0 Å². The molecule has 0 aliphatic heterocycles. The van der Waals surface area contributed by atoms with Crippen LogP contribution in [0.3, 0.4) is 0 Å². The van der Waals surface area contributed by atoms with Gasteiger partial charge in [0.2, 0.25) is 0 Å². The van der Waals surface area contributed by atoms with Gasteiger partial charge in [-0.3, -0.25) is 4.79 Å². The van der Waals surface area contributed by atoms with Crippen molar-refractivity contribution in [2.24, 2.45) is 0 Å². The van der Waals surface area contributed by atoms with E-state index in [4.69, 9.17) is 0 Å². The summed E-state index contributed by atoms with van der Waals surface area (Å²) in [4.78, 5) is 9.98. The molecule has 0 N–H and O–H groups in total. The quantitative estimate of drug-likeness (QED) is 0.355. The normalized spacial score (nSPS) is 8.89. The molecule has 0 aromatic rings. The van der Waals surface area contributed by atoms with E-state index in [-0.39, 0.29) is 54.2 Å². The van der Waals surface area contributed by atoms with Crippen molar-refractivity contribution >= 4 is 32.0 Å². The molecule has 0 atom stereocenters. The van der Waals surface area contributed by atoms with Gasteiger partial charge in [0.15, 0.2) is 5.78 Å². The van der Waals surface area contributed by atoms with Crippen molar-refractivity contribution in [2.45, 2.75) is 13.8 Å². The Hall–Kier alpha value is 0.587. The van der Waals surface area contributed by atoms with E-state index in [1.807, 2.05) is 0 Å². The number of carbonyl (C=O) groups excluding carboxylic acids is 1. The van der Waals surface area contributed by atoms with E-state index in [9.17, 15) is 9.90 Å². The van der Waals surface area contributed by atoms with E-state index in [2.05, 4.69) is 0 Å². The number of carbonyl (C=O) groups is 1. The molecule has 9 heavy (non-hydrogen) atoms. The van der Waals surface area contributed by atoms with E-state index in [1.165, 1.54) is 13.8 Å². The minimum absolute atomic E-state index is 0. The minimum atomic E-state index is -0.187. The van der Waals surface area contributed by atoms with Gasteiger partial charge in [0, 0.05) is 0 Å². The van der Waals surface area contributed by atoms with Gasteiger partial charge in [-0.2, -0.15) is 0 Å². The second-order valence-electron chi connectivity index (χ2n) is 1.37. The Kier molecular flexibility index (Phi) is 15.5. The molecule has 50 valence electrons. The number of hydrogen-bond donors (Lipinski definition) is 0. The van der Waals surface area contributed by atoms with Crippen LogP contribution in [-0.2, 0) is 21.3 Å². The summed E-state index contributed by atoms with van der Waals surface area (Å²) in [5.41, 5.74) is 0. The van der Waals surface area contributed by atoms with Crippen molar-refractivity contribution < 1.29 is 26.4 Å². The predicted octanol–water partition coefficient (Wildman–Crippen LogP) is -0.544. The number of hydrogen-bond acceptors (Lipinski definition) is 2. The van der Waals surface area contributed by atoms with Gasteiger partial charge in [-0.1, -0.05) is 6.92 Å². The SMILES string of the molecule is CC(=O)/C=C(/C)[O-].[Bi+3].[Ni+2]. The Morgan fingerprint density at radius 3 is 1.78 bits per heavy atom. The molecule has 0 aromatic heterocycles. The Balaban J connectivity index is -0.000000180. The largest absolute Gasteiger partial charge is 3.00 e. The second-order valence-corrected chi connectivity index (χ2v) is 1.37. The zero-order chi connectivity index (χ0) is 5.86. The summed E-state index contributed by atoms with van der Waals surface area (Å²) in [5, 5.41) is 9.98. The molecule has 0 aliphatic carbocycles.